The van der Waals surface area contributed by atoms with Gasteiger partial charge in [-0.1, -0.05) is 0 Å². The van der Waals surface area contributed by atoms with Gasteiger partial charge in [0.2, 0.25) is 0 Å². The molecule has 0 atom stereocenters. The second-order valence-corrected chi connectivity index (χ2v) is 3.91. The van der Waals surface area contributed by atoms with E-state index < -0.39 is 0 Å². The molecule has 0 fully saturated rings. The molecule has 0 aliphatic rings. The maximum Gasteiger partial charge on any atom is 0.123 e. The van der Waals surface area contributed by atoms with Gasteiger partial charge in [0.25, 0.3) is 0 Å². The number of rotatable bonds is 4. The predicted octanol–water partition coefficient (Wildman–Crippen LogP) is 0.514. The molecule has 4 N–H and O–H groups in total. The van der Waals surface area contributed by atoms with E-state index in [0.717, 1.165) is 22.3 Å². The SMILES string of the molecule is NCCNc1cc(-n2cnnc2)cc2[nH]ncc12. The average Bonchev–Trinajstić information content (AvgIpc) is 3.05. The van der Waals surface area contributed by atoms with Crippen LogP contribution in [0.3, 0.4) is 0 Å². The summed E-state index contributed by atoms with van der Waals surface area (Å²) >= 11 is 0. The number of benzene rings is 1. The quantitative estimate of drug-likeness (QED) is 0.620. The summed E-state index contributed by atoms with van der Waals surface area (Å²) in [6, 6.07) is 4.02. The molecule has 0 saturated carbocycles. The van der Waals surface area contributed by atoms with Gasteiger partial charge in [-0.05, 0) is 12.1 Å². The molecule has 0 saturated heterocycles. The van der Waals surface area contributed by atoms with E-state index in [1.165, 1.54) is 0 Å². The maximum absolute atomic E-state index is 5.52. The van der Waals surface area contributed by atoms with Gasteiger partial charge in [-0.15, -0.1) is 10.2 Å². The molecule has 18 heavy (non-hydrogen) atoms. The fourth-order valence-electron chi connectivity index (χ4n) is 1.87. The Hall–Kier alpha value is -2.41. The number of hydrogen-bond acceptors (Lipinski definition) is 5. The van der Waals surface area contributed by atoms with Crippen LogP contribution in [0.15, 0.2) is 31.0 Å². The van der Waals surface area contributed by atoms with Crippen molar-refractivity contribution >= 4 is 16.6 Å². The fourth-order valence-corrected chi connectivity index (χ4v) is 1.87. The molecule has 3 aromatic rings. The summed E-state index contributed by atoms with van der Waals surface area (Å²) in [7, 11) is 0. The Kier molecular flexibility index (Phi) is 2.66. The third kappa shape index (κ3) is 1.80. The van der Waals surface area contributed by atoms with Crippen LogP contribution in [-0.2, 0) is 0 Å². The Labute approximate surface area is 103 Å². The van der Waals surface area contributed by atoms with E-state index in [9.17, 15) is 0 Å². The summed E-state index contributed by atoms with van der Waals surface area (Å²) in [5, 5.41) is 19.0. The second-order valence-electron chi connectivity index (χ2n) is 3.91. The fraction of sp³-hybridized carbons (Fsp3) is 0.182. The van der Waals surface area contributed by atoms with Gasteiger partial charge < -0.3 is 11.1 Å². The number of aromatic amines is 1. The lowest BCUT2D eigenvalue weighted by atomic mass is 10.2. The van der Waals surface area contributed by atoms with Crippen LogP contribution in [0.4, 0.5) is 5.69 Å². The van der Waals surface area contributed by atoms with Crippen LogP contribution in [0.25, 0.3) is 16.6 Å². The lowest BCUT2D eigenvalue weighted by Crippen LogP contribution is -2.13. The van der Waals surface area contributed by atoms with Gasteiger partial charge in [-0.2, -0.15) is 5.10 Å². The van der Waals surface area contributed by atoms with Crippen LogP contribution < -0.4 is 11.1 Å². The molecule has 0 amide bonds. The standard InChI is InChI=1S/C11H13N7/c12-1-2-13-10-3-8(18-6-15-16-7-18)4-11-9(10)5-14-17-11/h3-7,13H,1-2,12H2,(H,14,17). The summed E-state index contributed by atoms with van der Waals surface area (Å²) in [4.78, 5) is 0. The Bertz CT molecular complexity index is 641. The molecule has 0 aliphatic heterocycles. The van der Waals surface area contributed by atoms with Crippen molar-refractivity contribution in [1.29, 1.82) is 0 Å². The molecule has 0 bridgehead atoms. The summed E-state index contributed by atoms with van der Waals surface area (Å²) in [5.41, 5.74) is 8.44. The highest BCUT2D eigenvalue weighted by Crippen LogP contribution is 2.25. The van der Waals surface area contributed by atoms with Crippen LogP contribution in [0.2, 0.25) is 0 Å². The van der Waals surface area contributed by atoms with Crippen LogP contribution in [0.1, 0.15) is 0 Å². The van der Waals surface area contributed by atoms with Gasteiger partial charge in [0.15, 0.2) is 0 Å². The average molecular weight is 243 g/mol. The zero-order valence-corrected chi connectivity index (χ0v) is 9.67. The smallest absolute Gasteiger partial charge is 0.123 e. The summed E-state index contributed by atoms with van der Waals surface area (Å²) in [5.74, 6) is 0. The van der Waals surface area contributed by atoms with E-state index >= 15 is 0 Å². The Morgan fingerprint density at radius 1 is 1.28 bits per heavy atom. The van der Waals surface area contributed by atoms with Gasteiger partial charge in [0, 0.05) is 24.2 Å². The first-order chi connectivity index (χ1) is 8.88. The molecule has 0 unspecified atom stereocenters. The van der Waals surface area contributed by atoms with Gasteiger partial charge in [0.1, 0.15) is 12.7 Å². The third-order valence-electron chi connectivity index (χ3n) is 2.72. The van der Waals surface area contributed by atoms with E-state index in [0.29, 0.717) is 13.1 Å². The topological polar surface area (TPSA) is 97.4 Å². The van der Waals surface area contributed by atoms with Crippen molar-refractivity contribution in [3.63, 3.8) is 0 Å². The third-order valence-corrected chi connectivity index (χ3v) is 2.72. The van der Waals surface area contributed by atoms with Crippen LogP contribution in [-0.4, -0.2) is 38.1 Å². The van der Waals surface area contributed by atoms with E-state index in [1.807, 2.05) is 16.7 Å². The number of fused-ring (bicyclic) bond motifs is 1. The van der Waals surface area contributed by atoms with Crippen LogP contribution >= 0.6 is 0 Å². The highest BCUT2D eigenvalue weighted by molar-refractivity contribution is 5.93. The minimum atomic E-state index is 0.580. The zero-order valence-electron chi connectivity index (χ0n) is 9.67. The van der Waals surface area contributed by atoms with Crippen molar-refractivity contribution in [2.24, 2.45) is 5.73 Å². The first-order valence-electron chi connectivity index (χ1n) is 5.64. The van der Waals surface area contributed by atoms with Crippen molar-refractivity contribution < 1.29 is 0 Å². The molecule has 2 aromatic heterocycles. The lowest BCUT2D eigenvalue weighted by molar-refractivity contribution is 1.02. The largest absolute Gasteiger partial charge is 0.383 e. The van der Waals surface area contributed by atoms with Gasteiger partial charge >= 0.3 is 0 Å². The highest BCUT2D eigenvalue weighted by atomic mass is 15.2. The first-order valence-corrected chi connectivity index (χ1v) is 5.64. The van der Waals surface area contributed by atoms with E-state index in [1.54, 1.807) is 18.9 Å². The van der Waals surface area contributed by atoms with Crippen molar-refractivity contribution in [2.45, 2.75) is 0 Å². The van der Waals surface area contributed by atoms with Crippen molar-refractivity contribution in [2.75, 3.05) is 18.4 Å². The van der Waals surface area contributed by atoms with Gasteiger partial charge in [-0.25, -0.2) is 0 Å². The second kappa shape index (κ2) is 4.46. The zero-order chi connectivity index (χ0) is 12.4. The maximum atomic E-state index is 5.52. The van der Waals surface area contributed by atoms with E-state index in [4.69, 9.17) is 5.73 Å². The molecule has 7 nitrogen and oxygen atoms in total. The number of aromatic nitrogens is 5. The van der Waals surface area contributed by atoms with Crippen molar-refractivity contribution in [1.82, 2.24) is 25.0 Å². The number of H-pyrrole nitrogens is 1. The molecular formula is C11H13N7. The number of nitrogens with one attached hydrogen (secondary N) is 2. The van der Waals surface area contributed by atoms with Crippen molar-refractivity contribution in [3.05, 3.63) is 31.0 Å². The summed E-state index contributed by atoms with van der Waals surface area (Å²) in [6.07, 6.45) is 5.11. The van der Waals surface area contributed by atoms with E-state index in [2.05, 4.69) is 25.7 Å². The molecule has 0 aliphatic carbocycles. The minimum absolute atomic E-state index is 0.580. The number of anilines is 1. The Morgan fingerprint density at radius 2 is 2.11 bits per heavy atom. The lowest BCUT2D eigenvalue weighted by Gasteiger charge is -2.09. The summed E-state index contributed by atoms with van der Waals surface area (Å²) < 4.78 is 1.84. The number of hydrogen-bond donors (Lipinski definition) is 3. The monoisotopic (exact) mass is 243 g/mol. The summed E-state index contributed by atoms with van der Waals surface area (Å²) in [6.45, 7) is 1.29. The molecular weight excluding hydrogens is 230 g/mol. The van der Waals surface area contributed by atoms with E-state index in [-0.39, 0.29) is 0 Å². The van der Waals surface area contributed by atoms with Crippen LogP contribution in [0, 0.1) is 0 Å². The van der Waals surface area contributed by atoms with Crippen LogP contribution in [0.5, 0.6) is 0 Å². The number of nitrogens with zero attached hydrogens (tertiary/aromatic N) is 4. The molecule has 0 radical (unpaired) electrons. The molecule has 3 rings (SSSR count). The normalized spacial score (nSPS) is 10.9. The molecule has 0 spiro atoms. The molecule has 7 heteroatoms. The molecule has 2 heterocycles. The Morgan fingerprint density at radius 3 is 2.89 bits per heavy atom. The predicted molar refractivity (Wildman–Crippen MR) is 68.6 cm³/mol. The first kappa shape index (κ1) is 10.7. The van der Waals surface area contributed by atoms with Gasteiger partial charge in [-0.3, -0.25) is 9.67 Å². The molecule has 1 aromatic carbocycles. The minimum Gasteiger partial charge on any atom is -0.383 e. The molecule has 92 valence electrons. The van der Waals surface area contributed by atoms with Crippen molar-refractivity contribution in [3.8, 4) is 5.69 Å². The Balaban J connectivity index is 2.11. The van der Waals surface area contributed by atoms with Gasteiger partial charge in [0.05, 0.1) is 17.4 Å². The number of nitrogens with two attached hydrogens (primary N) is 1. The highest BCUT2D eigenvalue weighted by Gasteiger charge is 2.06.